The first kappa shape index (κ1) is 17.9. The van der Waals surface area contributed by atoms with Crippen molar-refractivity contribution in [1.82, 2.24) is 9.97 Å². The molecule has 0 fully saturated rings. The molecule has 0 spiro atoms. The molecular weight excluding hydrogens is 351 g/mol. The molecule has 0 N–H and O–H groups in total. The molecule has 1 aromatic rings. The predicted molar refractivity (Wildman–Crippen MR) is 89.1 cm³/mol. The summed E-state index contributed by atoms with van der Waals surface area (Å²) in [5.41, 5.74) is 3.97. The van der Waals surface area contributed by atoms with Gasteiger partial charge in [-0.05, 0) is 0 Å². The summed E-state index contributed by atoms with van der Waals surface area (Å²) in [4.78, 5) is 12.5. The Morgan fingerprint density at radius 3 is 1.60 bits per heavy atom. The van der Waals surface area contributed by atoms with E-state index in [-0.39, 0.29) is 0 Å². The van der Waals surface area contributed by atoms with Gasteiger partial charge < -0.3 is 0 Å². The van der Waals surface area contributed by atoms with Crippen molar-refractivity contribution in [1.29, 1.82) is 0 Å². The molecule has 20 heavy (non-hydrogen) atoms. The Morgan fingerprint density at radius 2 is 1.15 bits per heavy atom. The number of unbranched alkanes of at least 4 members (excludes halogenated alkanes) is 3. The number of hydrogen-bond donors (Lipinski definition) is 0. The summed E-state index contributed by atoms with van der Waals surface area (Å²) in [5, 5.41) is 0. The summed E-state index contributed by atoms with van der Waals surface area (Å²) in [6, 6.07) is 0. The summed E-state index contributed by atoms with van der Waals surface area (Å²) in [6.07, 6.45) is 10.9. The van der Waals surface area contributed by atoms with Crippen molar-refractivity contribution in [2.24, 2.45) is 0 Å². The molecule has 0 aliphatic rings. The van der Waals surface area contributed by atoms with E-state index in [0.29, 0.717) is 0 Å². The molecule has 1 heterocycles. The van der Waals surface area contributed by atoms with Crippen molar-refractivity contribution in [3.63, 3.8) is 0 Å². The van der Waals surface area contributed by atoms with Crippen LogP contribution in [0.2, 0.25) is 4.94 Å². The third-order valence-electron chi connectivity index (χ3n) is 3.66. The van der Waals surface area contributed by atoms with Crippen LogP contribution in [0.15, 0.2) is 0 Å². The van der Waals surface area contributed by atoms with Gasteiger partial charge in [-0.25, -0.2) is 0 Å². The molecule has 0 aliphatic heterocycles. The predicted octanol–water partition coefficient (Wildman–Crippen LogP) is 3.88. The molecule has 0 atom stereocenters. The van der Waals surface area contributed by atoms with Crippen molar-refractivity contribution in [2.75, 3.05) is 0 Å². The zero-order valence-electron chi connectivity index (χ0n) is 13.8. The standard InChI is InChI=1S/C16H27N2.CH3.Sn/c1-4-7-10-14-13-17-15(11-8-5-2)16(18-14)12-9-6-3;;/h4-12H2,1-3H3;1H3;. The van der Waals surface area contributed by atoms with Gasteiger partial charge in [0, 0.05) is 0 Å². The van der Waals surface area contributed by atoms with Crippen LogP contribution < -0.4 is 3.71 Å². The van der Waals surface area contributed by atoms with E-state index in [2.05, 4.69) is 25.7 Å². The van der Waals surface area contributed by atoms with Gasteiger partial charge in [-0.1, -0.05) is 0 Å². The molecule has 2 nitrogen and oxygen atoms in total. The second kappa shape index (κ2) is 10.6. The topological polar surface area (TPSA) is 25.8 Å². The van der Waals surface area contributed by atoms with Gasteiger partial charge in [-0.15, -0.1) is 0 Å². The zero-order chi connectivity index (χ0) is 14.8. The van der Waals surface area contributed by atoms with Crippen LogP contribution in [0.3, 0.4) is 0 Å². The summed E-state index contributed by atoms with van der Waals surface area (Å²) in [5.74, 6) is 0. The molecule has 1 rings (SSSR count). The summed E-state index contributed by atoms with van der Waals surface area (Å²) < 4.78 is 1.41. The Kier molecular flexibility index (Phi) is 9.49. The molecule has 2 radical (unpaired) electrons. The van der Waals surface area contributed by atoms with Crippen LogP contribution in [-0.4, -0.2) is 31.1 Å². The van der Waals surface area contributed by atoms with Crippen LogP contribution in [0.1, 0.15) is 76.4 Å². The number of aromatic nitrogens is 2. The van der Waals surface area contributed by atoms with E-state index >= 15 is 0 Å². The van der Waals surface area contributed by atoms with E-state index in [9.17, 15) is 0 Å². The molecule has 0 aromatic carbocycles. The number of rotatable bonds is 10. The van der Waals surface area contributed by atoms with Crippen LogP contribution in [-0.2, 0) is 19.3 Å². The Bertz CT molecular complexity index is 391. The SMILES string of the molecule is CCCCc1nc(CCCC)[c]([Sn][CH3])nc1CCCC. The van der Waals surface area contributed by atoms with Gasteiger partial charge in [-0.2, -0.15) is 0 Å². The van der Waals surface area contributed by atoms with Gasteiger partial charge in [0.25, 0.3) is 0 Å². The van der Waals surface area contributed by atoms with Crippen molar-refractivity contribution in [2.45, 2.75) is 83.5 Å². The maximum atomic E-state index is 5.05. The van der Waals surface area contributed by atoms with Crippen LogP contribution >= 0.6 is 0 Å². The fourth-order valence-corrected chi connectivity index (χ4v) is 4.40. The van der Waals surface area contributed by atoms with E-state index in [1.807, 2.05) is 0 Å². The Morgan fingerprint density at radius 1 is 0.700 bits per heavy atom. The molecule has 0 bridgehead atoms. The van der Waals surface area contributed by atoms with Gasteiger partial charge >= 0.3 is 135 Å². The Labute approximate surface area is 135 Å². The quantitative estimate of drug-likeness (QED) is 0.575. The van der Waals surface area contributed by atoms with E-state index in [0.717, 1.165) is 19.3 Å². The molecule has 0 amide bonds. The molecule has 1 aromatic heterocycles. The van der Waals surface area contributed by atoms with Gasteiger partial charge in [0.05, 0.1) is 0 Å². The van der Waals surface area contributed by atoms with Crippen molar-refractivity contribution in [3.8, 4) is 0 Å². The summed E-state index contributed by atoms with van der Waals surface area (Å²) in [7, 11) is 0. The first-order valence-corrected chi connectivity index (χ1v) is 12.6. The Hall–Kier alpha value is -0.121. The molecule has 0 saturated carbocycles. The number of nitrogens with zero attached hydrogens (tertiary/aromatic N) is 2. The van der Waals surface area contributed by atoms with Gasteiger partial charge in [-0.3, -0.25) is 0 Å². The van der Waals surface area contributed by atoms with Crippen LogP contribution in [0.25, 0.3) is 0 Å². The van der Waals surface area contributed by atoms with Gasteiger partial charge in [0.2, 0.25) is 0 Å². The van der Waals surface area contributed by atoms with Crippen LogP contribution in [0, 0.1) is 0 Å². The fourth-order valence-electron chi connectivity index (χ4n) is 2.35. The molecule has 0 aliphatic carbocycles. The molecule has 3 heteroatoms. The zero-order valence-corrected chi connectivity index (χ0v) is 16.6. The summed E-state index contributed by atoms with van der Waals surface area (Å²) in [6.45, 7) is 6.77. The van der Waals surface area contributed by atoms with Crippen molar-refractivity contribution >= 4 is 24.9 Å². The first-order valence-electron chi connectivity index (χ1n) is 8.33. The number of aryl methyl sites for hydroxylation is 3. The average molecular weight is 381 g/mol. The third-order valence-corrected chi connectivity index (χ3v) is 6.16. The van der Waals surface area contributed by atoms with Crippen LogP contribution in [0.5, 0.6) is 0 Å². The number of hydrogen-bond acceptors (Lipinski definition) is 2. The van der Waals surface area contributed by atoms with E-state index < -0.39 is 21.1 Å². The third kappa shape index (κ3) is 5.71. The molecule has 0 unspecified atom stereocenters. The average Bonchev–Trinajstić information content (AvgIpc) is 2.48. The minimum atomic E-state index is -0.495. The van der Waals surface area contributed by atoms with E-state index in [1.165, 1.54) is 59.3 Å². The van der Waals surface area contributed by atoms with E-state index in [1.54, 1.807) is 0 Å². The Balaban J connectivity index is 3.00. The van der Waals surface area contributed by atoms with Crippen molar-refractivity contribution < 1.29 is 0 Å². The normalized spacial score (nSPS) is 11.0. The maximum absolute atomic E-state index is 5.05. The van der Waals surface area contributed by atoms with Gasteiger partial charge in [0.15, 0.2) is 0 Å². The second-order valence-electron chi connectivity index (χ2n) is 5.47. The van der Waals surface area contributed by atoms with E-state index in [4.69, 9.17) is 9.97 Å². The molecule has 0 saturated heterocycles. The fraction of sp³-hybridized carbons (Fsp3) is 0.765. The monoisotopic (exact) mass is 382 g/mol. The molecule has 112 valence electrons. The van der Waals surface area contributed by atoms with Gasteiger partial charge in [0.1, 0.15) is 0 Å². The summed E-state index contributed by atoms with van der Waals surface area (Å²) >= 11 is -0.495. The van der Waals surface area contributed by atoms with Crippen molar-refractivity contribution in [3.05, 3.63) is 17.1 Å². The minimum absolute atomic E-state index is 0.495. The molecular formula is C17H30N2Sn. The first-order chi connectivity index (χ1) is 9.76. The second-order valence-corrected chi connectivity index (χ2v) is 8.25. The van der Waals surface area contributed by atoms with Crippen LogP contribution in [0.4, 0.5) is 0 Å².